The van der Waals surface area contributed by atoms with Crippen molar-refractivity contribution in [3.05, 3.63) is 52.6 Å². The minimum Gasteiger partial charge on any atom is -0.454 e. The van der Waals surface area contributed by atoms with E-state index in [2.05, 4.69) is 5.16 Å². The van der Waals surface area contributed by atoms with Crippen molar-refractivity contribution >= 4 is 21.6 Å². The van der Waals surface area contributed by atoms with E-state index in [1.807, 2.05) is 45.0 Å². The minimum atomic E-state index is -3.63. The molecule has 0 aliphatic carbocycles. The first kappa shape index (κ1) is 24.0. The topological polar surface area (TPSA) is 97.7 Å². The van der Waals surface area contributed by atoms with Crippen molar-refractivity contribution in [1.29, 1.82) is 0 Å². The van der Waals surface area contributed by atoms with Gasteiger partial charge >= 0.3 is 0 Å². The van der Waals surface area contributed by atoms with Crippen molar-refractivity contribution in [3.8, 4) is 11.5 Å². The summed E-state index contributed by atoms with van der Waals surface area (Å²) in [6, 6.07) is 9.21. The Labute approximate surface area is 199 Å². The van der Waals surface area contributed by atoms with Crippen LogP contribution in [0.5, 0.6) is 11.5 Å². The van der Waals surface area contributed by atoms with Gasteiger partial charge in [0.05, 0.1) is 10.6 Å². The number of carbonyl (C=O) groups excluding carboxylic acids is 1. The molecule has 0 atom stereocenters. The van der Waals surface area contributed by atoms with Crippen LogP contribution in [0.4, 0.5) is 0 Å². The highest BCUT2D eigenvalue weighted by Gasteiger charge is 2.32. The van der Waals surface area contributed by atoms with Crippen LogP contribution in [-0.2, 0) is 19.7 Å². The van der Waals surface area contributed by atoms with Gasteiger partial charge in [0.25, 0.3) is 5.91 Å². The van der Waals surface area contributed by atoms with Crippen molar-refractivity contribution in [2.75, 3.05) is 39.6 Å². The van der Waals surface area contributed by atoms with E-state index in [0.717, 1.165) is 22.3 Å². The van der Waals surface area contributed by atoms with Crippen LogP contribution in [0.15, 0.2) is 40.4 Å². The van der Waals surface area contributed by atoms with Gasteiger partial charge in [0.1, 0.15) is 0 Å². The standard InChI is InChI=1S/C24H29N3O6S/c1-16-11-17(2)24(18(3)12-16)34(29,30)27-9-7-26(8-10-27)23(28)14-33-25-19(4)20-5-6-21-22(13-20)32-15-31-21/h5-6,11-13H,7-10,14-15H2,1-4H3/b25-19-. The van der Waals surface area contributed by atoms with Gasteiger partial charge in [-0.3, -0.25) is 4.79 Å². The maximum Gasteiger partial charge on any atom is 0.263 e. The molecule has 0 saturated carbocycles. The molecule has 2 aromatic rings. The summed E-state index contributed by atoms with van der Waals surface area (Å²) in [4.78, 5) is 19.8. The van der Waals surface area contributed by atoms with E-state index in [9.17, 15) is 13.2 Å². The van der Waals surface area contributed by atoms with Crippen LogP contribution in [0.2, 0.25) is 0 Å². The fourth-order valence-electron chi connectivity index (χ4n) is 4.33. The molecule has 4 rings (SSSR count). The van der Waals surface area contributed by atoms with Crippen LogP contribution in [0.3, 0.4) is 0 Å². The first-order valence-electron chi connectivity index (χ1n) is 11.1. The second-order valence-electron chi connectivity index (χ2n) is 8.53. The van der Waals surface area contributed by atoms with E-state index in [-0.39, 0.29) is 32.4 Å². The van der Waals surface area contributed by atoms with Crippen molar-refractivity contribution in [2.24, 2.45) is 5.16 Å². The van der Waals surface area contributed by atoms with Crippen LogP contribution in [0, 0.1) is 20.8 Å². The lowest BCUT2D eigenvalue weighted by Gasteiger charge is -2.34. The highest BCUT2D eigenvalue weighted by Crippen LogP contribution is 2.32. The number of piperazine rings is 1. The van der Waals surface area contributed by atoms with Crippen LogP contribution in [-0.4, -0.2) is 68.8 Å². The van der Waals surface area contributed by atoms with E-state index < -0.39 is 10.0 Å². The molecule has 1 amide bonds. The van der Waals surface area contributed by atoms with Gasteiger partial charge in [0.2, 0.25) is 16.8 Å². The van der Waals surface area contributed by atoms with E-state index >= 15 is 0 Å². The molecule has 1 saturated heterocycles. The largest absolute Gasteiger partial charge is 0.454 e. The molecular weight excluding hydrogens is 458 g/mol. The number of hydrogen-bond acceptors (Lipinski definition) is 7. The predicted octanol–water partition coefficient (Wildman–Crippen LogP) is 2.61. The number of carbonyl (C=O) groups is 1. The average Bonchev–Trinajstić information content (AvgIpc) is 3.26. The number of oxime groups is 1. The Morgan fingerprint density at radius 3 is 2.32 bits per heavy atom. The van der Waals surface area contributed by atoms with Gasteiger partial charge in [-0.05, 0) is 57.0 Å². The Morgan fingerprint density at radius 2 is 1.65 bits per heavy atom. The first-order valence-corrected chi connectivity index (χ1v) is 12.5. The number of nitrogens with zero attached hydrogens (tertiary/aromatic N) is 3. The lowest BCUT2D eigenvalue weighted by molar-refractivity contribution is -0.137. The Kier molecular flexibility index (Phi) is 6.81. The summed E-state index contributed by atoms with van der Waals surface area (Å²) in [5.41, 5.74) is 3.91. The monoisotopic (exact) mass is 487 g/mol. The third kappa shape index (κ3) is 4.88. The number of fused-ring (bicyclic) bond motifs is 1. The highest BCUT2D eigenvalue weighted by atomic mass is 32.2. The second-order valence-corrected chi connectivity index (χ2v) is 10.4. The molecule has 182 valence electrons. The molecule has 2 aliphatic rings. The molecule has 2 aromatic carbocycles. The predicted molar refractivity (Wildman–Crippen MR) is 127 cm³/mol. The smallest absolute Gasteiger partial charge is 0.263 e. The summed E-state index contributed by atoms with van der Waals surface area (Å²) < 4.78 is 38.6. The van der Waals surface area contributed by atoms with E-state index in [1.165, 1.54) is 4.31 Å². The fraction of sp³-hybridized carbons (Fsp3) is 0.417. The Bertz CT molecular complexity index is 1210. The molecule has 9 nitrogen and oxygen atoms in total. The molecule has 0 N–H and O–H groups in total. The molecule has 2 heterocycles. The molecule has 0 aromatic heterocycles. The second kappa shape index (κ2) is 9.63. The molecule has 0 radical (unpaired) electrons. The first-order chi connectivity index (χ1) is 16.2. The van der Waals surface area contributed by atoms with Crippen molar-refractivity contribution in [3.63, 3.8) is 0 Å². The molecule has 1 fully saturated rings. The van der Waals surface area contributed by atoms with Crippen LogP contribution >= 0.6 is 0 Å². The van der Waals surface area contributed by atoms with Gasteiger partial charge in [-0.25, -0.2) is 8.42 Å². The summed E-state index contributed by atoms with van der Waals surface area (Å²) in [6.45, 7) is 8.41. The van der Waals surface area contributed by atoms with Crippen LogP contribution < -0.4 is 9.47 Å². The maximum absolute atomic E-state index is 13.2. The molecule has 0 unspecified atom stereocenters. The third-order valence-electron chi connectivity index (χ3n) is 5.97. The number of ether oxygens (including phenoxy) is 2. The number of sulfonamides is 1. The van der Waals surface area contributed by atoms with Gasteiger partial charge in [-0.15, -0.1) is 0 Å². The summed E-state index contributed by atoms with van der Waals surface area (Å²) in [6.07, 6.45) is 0. The van der Waals surface area contributed by atoms with Crippen molar-refractivity contribution in [1.82, 2.24) is 9.21 Å². The number of hydrogen-bond donors (Lipinski definition) is 0. The molecular formula is C24H29N3O6S. The summed E-state index contributed by atoms with van der Waals surface area (Å²) in [7, 11) is -3.63. The van der Waals surface area contributed by atoms with Crippen LogP contribution in [0.1, 0.15) is 29.2 Å². The fourth-order valence-corrected chi connectivity index (χ4v) is 6.16. The van der Waals surface area contributed by atoms with Crippen molar-refractivity contribution < 1.29 is 27.5 Å². The summed E-state index contributed by atoms with van der Waals surface area (Å²) >= 11 is 0. The lowest BCUT2D eigenvalue weighted by atomic mass is 10.1. The van der Waals surface area contributed by atoms with Gasteiger partial charge in [-0.2, -0.15) is 4.31 Å². The number of benzene rings is 2. The average molecular weight is 488 g/mol. The van der Waals surface area contributed by atoms with Gasteiger partial charge in [-0.1, -0.05) is 22.9 Å². The highest BCUT2D eigenvalue weighted by molar-refractivity contribution is 7.89. The van der Waals surface area contributed by atoms with E-state index in [1.54, 1.807) is 17.9 Å². The zero-order valence-corrected chi connectivity index (χ0v) is 20.6. The SMILES string of the molecule is C/C(=N/OCC(=O)N1CCN(S(=O)(=O)c2c(C)cc(C)cc2C)CC1)c1ccc2c(c1)OCO2. The van der Waals surface area contributed by atoms with E-state index in [0.29, 0.717) is 35.2 Å². The Balaban J connectivity index is 1.32. The number of rotatable bonds is 6. The molecule has 34 heavy (non-hydrogen) atoms. The Morgan fingerprint density at radius 1 is 1.00 bits per heavy atom. The minimum absolute atomic E-state index is 0.193. The van der Waals surface area contributed by atoms with Gasteiger partial charge in [0.15, 0.2) is 18.1 Å². The zero-order chi connectivity index (χ0) is 24.5. The van der Waals surface area contributed by atoms with Crippen molar-refractivity contribution in [2.45, 2.75) is 32.6 Å². The number of amides is 1. The quantitative estimate of drug-likeness (QED) is 0.459. The summed E-state index contributed by atoms with van der Waals surface area (Å²) in [5.74, 6) is 1.09. The van der Waals surface area contributed by atoms with E-state index in [4.69, 9.17) is 14.3 Å². The third-order valence-corrected chi connectivity index (χ3v) is 8.18. The van der Waals surface area contributed by atoms with Gasteiger partial charge < -0.3 is 19.2 Å². The lowest BCUT2D eigenvalue weighted by Crippen LogP contribution is -2.51. The molecule has 10 heteroatoms. The van der Waals surface area contributed by atoms with Gasteiger partial charge in [0, 0.05) is 31.7 Å². The molecule has 2 aliphatic heterocycles. The Hall–Kier alpha value is -3.11. The normalized spacial score (nSPS) is 16.6. The van der Waals surface area contributed by atoms with Crippen LogP contribution in [0.25, 0.3) is 0 Å². The molecule has 0 spiro atoms. The zero-order valence-electron chi connectivity index (χ0n) is 19.8. The maximum atomic E-state index is 13.2. The summed E-state index contributed by atoms with van der Waals surface area (Å²) in [5, 5.41) is 4.04. The molecule has 0 bridgehead atoms. The number of aryl methyl sites for hydroxylation is 3.